The molecular formula is C15H24FN3. The van der Waals surface area contributed by atoms with Gasteiger partial charge >= 0.3 is 0 Å². The van der Waals surface area contributed by atoms with Crippen molar-refractivity contribution in [2.45, 2.75) is 39.0 Å². The van der Waals surface area contributed by atoms with Crippen molar-refractivity contribution in [2.24, 2.45) is 10.7 Å². The summed E-state index contributed by atoms with van der Waals surface area (Å²) in [6.45, 7) is 7.34. The molecule has 0 radical (unpaired) electrons. The van der Waals surface area contributed by atoms with E-state index in [-0.39, 0.29) is 11.2 Å². The van der Waals surface area contributed by atoms with Gasteiger partial charge in [-0.15, -0.1) is 0 Å². The number of rotatable bonds is 6. The van der Waals surface area contributed by atoms with Gasteiger partial charge in [0.1, 0.15) is 5.82 Å². The van der Waals surface area contributed by atoms with Crippen molar-refractivity contribution in [3.63, 3.8) is 0 Å². The molecule has 0 aliphatic carbocycles. The second-order valence-corrected chi connectivity index (χ2v) is 5.35. The lowest BCUT2D eigenvalue weighted by Crippen LogP contribution is -2.34. The number of guanidine groups is 1. The molecule has 3 N–H and O–H groups in total. The molecule has 0 aromatic heterocycles. The number of nitrogens with two attached hydrogens (primary N) is 1. The number of hydrogen-bond donors (Lipinski definition) is 2. The van der Waals surface area contributed by atoms with Gasteiger partial charge in [-0.25, -0.2) is 4.39 Å². The van der Waals surface area contributed by atoms with Crippen molar-refractivity contribution >= 4 is 5.96 Å². The van der Waals surface area contributed by atoms with Crippen LogP contribution in [0.25, 0.3) is 0 Å². The minimum atomic E-state index is -0.373. The molecule has 0 saturated heterocycles. The van der Waals surface area contributed by atoms with Crippen molar-refractivity contribution in [3.8, 4) is 0 Å². The summed E-state index contributed by atoms with van der Waals surface area (Å²) in [5.74, 6) is 0.234. The van der Waals surface area contributed by atoms with Gasteiger partial charge in [0.25, 0.3) is 0 Å². The molecule has 0 heterocycles. The molecule has 19 heavy (non-hydrogen) atoms. The summed E-state index contributed by atoms with van der Waals surface area (Å²) in [5, 5.41) is 3.06. The Bertz CT molecular complexity index is 427. The zero-order valence-corrected chi connectivity index (χ0v) is 12.0. The highest BCUT2D eigenvalue weighted by Gasteiger charge is 2.23. The summed E-state index contributed by atoms with van der Waals surface area (Å²) in [7, 11) is 0. The van der Waals surface area contributed by atoms with E-state index in [2.05, 4.69) is 17.2 Å². The second kappa shape index (κ2) is 7.12. The Balaban J connectivity index is 2.64. The molecule has 3 nitrogen and oxygen atoms in total. The van der Waals surface area contributed by atoms with Gasteiger partial charge in [-0.3, -0.25) is 4.99 Å². The highest BCUT2D eigenvalue weighted by Crippen LogP contribution is 2.25. The Labute approximate surface area is 115 Å². The number of unbranched alkanes of at least 4 members (excludes halogenated alkanes) is 1. The van der Waals surface area contributed by atoms with Crippen LogP contribution in [0, 0.1) is 5.82 Å². The molecule has 1 aromatic rings. The summed E-state index contributed by atoms with van der Waals surface area (Å²) in [4.78, 5) is 4.30. The van der Waals surface area contributed by atoms with E-state index in [1.54, 1.807) is 12.1 Å². The van der Waals surface area contributed by atoms with E-state index in [0.717, 1.165) is 19.4 Å². The SMILES string of the molecule is CCCCNC(N)=NCC(C)(C)c1ccccc1F. The molecule has 0 aliphatic heterocycles. The van der Waals surface area contributed by atoms with Crippen molar-refractivity contribution in [2.75, 3.05) is 13.1 Å². The molecule has 4 heteroatoms. The largest absolute Gasteiger partial charge is 0.370 e. The third-order valence-corrected chi connectivity index (χ3v) is 3.08. The third kappa shape index (κ3) is 4.89. The predicted octanol–water partition coefficient (Wildman–Crippen LogP) is 2.81. The number of aliphatic imine (C=N–C) groups is 1. The fourth-order valence-corrected chi connectivity index (χ4v) is 1.83. The smallest absolute Gasteiger partial charge is 0.188 e. The number of nitrogens with zero attached hydrogens (tertiary/aromatic N) is 1. The molecule has 0 aliphatic rings. The topological polar surface area (TPSA) is 50.4 Å². The van der Waals surface area contributed by atoms with Gasteiger partial charge in [0.15, 0.2) is 5.96 Å². The highest BCUT2D eigenvalue weighted by molar-refractivity contribution is 5.77. The lowest BCUT2D eigenvalue weighted by molar-refractivity contribution is 0.493. The monoisotopic (exact) mass is 265 g/mol. The van der Waals surface area contributed by atoms with Gasteiger partial charge in [-0.2, -0.15) is 0 Å². The lowest BCUT2D eigenvalue weighted by atomic mass is 9.84. The van der Waals surface area contributed by atoms with Gasteiger partial charge in [0.2, 0.25) is 0 Å². The van der Waals surface area contributed by atoms with Crippen LogP contribution in [0.1, 0.15) is 39.2 Å². The van der Waals surface area contributed by atoms with Crippen LogP contribution in [-0.4, -0.2) is 19.0 Å². The number of benzene rings is 1. The summed E-state index contributed by atoms with van der Waals surface area (Å²) in [6.07, 6.45) is 2.17. The first-order valence-corrected chi connectivity index (χ1v) is 6.76. The molecule has 0 saturated carbocycles. The van der Waals surface area contributed by atoms with E-state index in [4.69, 9.17) is 5.73 Å². The van der Waals surface area contributed by atoms with E-state index in [1.165, 1.54) is 6.07 Å². The fraction of sp³-hybridized carbons (Fsp3) is 0.533. The third-order valence-electron chi connectivity index (χ3n) is 3.08. The van der Waals surface area contributed by atoms with Crippen LogP contribution < -0.4 is 11.1 Å². The van der Waals surface area contributed by atoms with Crippen LogP contribution in [0.5, 0.6) is 0 Å². The first-order valence-electron chi connectivity index (χ1n) is 6.76. The van der Waals surface area contributed by atoms with E-state index < -0.39 is 0 Å². The molecule has 0 bridgehead atoms. The van der Waals surface area contributed by atoms with Gasteiger partial charge in [0.05, 0.1) is 6.54 Å². The molecular weight excluding hydrogens is 241 g/mol. The summed E-state index contributed by atoms with van der Waals surface area (Å²) < 4.78 is 13.8. The van der Waals surface area contributed by atoms with E-state index in [0.29, 0.717) is 18.1 Å². The van der Waals surface area contributed by atoms with Crippen LogP contribution in [0.3, 0.4) is 0 Å². The molecule has 106 valence electrons. The Hall–Kier alpha value is -1.58. The maximum atomic E-state index is 13.8. The fourth-order valence-electron chi connectivity index (χ4n) is 1.83. The number of hydrogen-bond acceptors (Lipinski definition) is 1. The second-order valence-electron chi connectivity index (χ2n) is 5.35. The van der Waals surface area contributed by atoms with Crippen LogP contribution >= 0.6 is 0 Å². The summed E-state index contributed by atoms with van der Waals surface area (Å²) >= 11 is 0. The van der Waals surface area contributed by atoms with Crippen molar-refractivity contribution in [1.82, 2.24) is 5.32 Å². The summed E-state index contributed by atoms with van der Waals surface area (Å²) in [6, 6.07) is 6.81. The number of nitrogens with one attached hydrogen (secondary N) is 1. The molecule has 0 atom stereocenters. The minimum Gasteiger partial charge on any atom is -0.370 e. The van der Waals surface area contributed by atoms with E-state index in [1.807, 2.05) is 19.9 Å². The van der Waals surface area contributed by atoms with Gasteiger partial charge < -0.3 is 11.1 Å². The Morgan fingerprint density at radius 3 is 2.68 bits per heavy atom. The first kappa shape index (κ1) is 15.5. The maximum absolute atomic E-state index is 13.8. The molecule has 0 amide bonds. The van der Waals surface area contributed by atoms with Crippen LogP contribution in [-0.2, 0) is 5.41 Å². The van der Waals surface area contributed by atoms with Crippen molar-refractivity contribution in [1.29, 1.82) is 0 Å². The highest BCUT2D eigenvalue weighted by atomic mass is 19.1. The normalized spacial score (nSPS) is 12.5. The first-order chi connectivity index (χ1) is 8.97. The zero-order valence-electron chi connectivity index (χ0n) is 12.0. The van der Waals surface area contributed by atoms with E-state index >= 15 is 0 Å². The van der Waals surface area contributed by atoms with Crippen molar-refractivity contribution < 1.29 is 4.39 Å². The van der Waals surface area contributed by atoms with Gasteiger partial charge in [-0.1, -0.05) is 45.4 Å². The maximum Gasteiger partial charge on any atom is 0.188 e. The quantitative estimate of drug-likeness (QED) is 0.472. The zero-order chi connectivity index (χ0) is 14.3. The minimum absolute atomic E-state index is 0.194. The predicted molar refractivity (Wildman–Crippen MR) is 78.8 cm³/mol. The van der Waals surface area contributed by atoms with Crippen LogP contribution in [0.2, 0.25) is 0 Å². The number of halogens is 1. The van der Waals surface area contributed by atoms with Gasteiger partial charge in [0, 0.05) is 12.0 Å². The Morgan fingerprint density at radius 2 is 2.05 bits per heavy atom. The molecule has 0 spiro atoms. The molecule has 1 aromatic carbocycles. The van der Waals surface area contributed by atoms with Crippen LogP contribution in [0.15, 0.2) is 29.3 Å². The van der Waals surface area contributed by atoms with Crippen molar-refractivity contribution in [3.05, 3.63) is 35.6 Å². The van der Waals surface area contributed by atoms with Crippen LogP contribution in [0.4, 0.5) is 4.39 Å². The molecule has 0 fully saturated rings. The molecule has 1 rings (SSSR count). The van der Waals surface area contributed by atoms with E-state index in [9.17, 15) is 4.39 Å². The Morgan fingerprint density at radius 1 is 1.37 bits per heavy atom. The lowest BCUT2D eigenvalue weighted by Gasteiger charge is -2.23. The average Bonchev–Trinajstić information content (AvgIpc) is 2.37. The Kier molecular flexibility index (Phi) is 5.80. The standard InChI is InChI=1S/C15H24FN3/c1-4-5-10-18-14(17)19-11-15(2,3)12-8-6-7-9-13(12)16/h6-9H,4-5,10-11H2,1-3H3,(H3,17,18,19). The molecule has 0 unspecified atom stereocenters. The van der Waals surface area contributed by atoms with Gasteiger partial charge in [-0.05, 0) is 18.1 Å². The average molecular weight is 265 g/mol. The summed E-state index contributed by atoms with van der Waals surface area (Å²) in [5.41, 5.74) is 6.08.